The summed E-state index contributed by atoms with van der Waals surface area (Å²) in [5, 5.41) is 0. The van der Waals surface area contributed by atoms with Crippen molar-refractivity contribution in [1.82, 2.24) is 9.55 Å². The van der Waals surface area contributed by atoms with E-state index in [-0.39, 0.29) is 17.8 Å². The molecular weight excluding hydrogens is 312 g/mol. The summed E-state index contributed by atoms with van der Waals surface area (Å²) in [6, 6.07) is 9.61. The topological polar surface area (TPSA) is 79.7 Å². The second kappa shape index (κ2) is 8.14. The Morgan fingerprint density at radius 1 is 1.12 bits per heavy atom. The first kappa shape index (κ1) is 17.5. The molecule has 24 heavy (non-hydrogen) atoms. The van der Waals surface area contributed by atoms with Crippen molar-refractivity contribution in [3.63, 3.8) is 0 Å². The number of imidazole rings is 1. The Hall–Kier alpha value is -2.83. The zero-order valence-corrected chi connectivity index (χ0v) is 13.8. The first-order chi connectivity index (χ1) is 11.5. The molecule has 0 fully saturated rings. The van der Waals surface area contributed by atoms with Gasteiger partial charge in [0.15, 0.2) is 0 Å². The van der Waals surface area contributed by atoms with Crippen LogP contribution >= 0.6 is 0 Å². The van der Waals surface area contributed by atoms with Gasteiger partial charge in [0.25, 0.3) is 0 Å². The van der Waals surface area contributed by atoms with Crippen LogP contribution in [0, 0.1) is 0 Å². The third-order valence-corrected chi connectivity index (χ3v) is 3.27. The molecule has 7 heteroatoms. The highest BCUT2D eigenvalue weighted by Crippen LogP contribution is 2.19. The lowest BCUT2D eigenvalue weighted by Crippen LogP contribution is -2.19. The van der Waals surface area contributed by atoms with Crippen molar-refractivity contribution < 1.29 is 23.8 Å². The number of carbonyl (C=O) groups is 2. The summed E-state index contributed by atoms with van der Waals surface area (Å²) < 4.78 is 16.1. The summed E-state index contributed by atoms with van der Waals surface area (Å²) in [6.45, 7) is 4.81. The smallest absolute Gasteiger partial charge is 0.431 e. The van der Waals surface area contributed by atoms with Crippen LogP contribution < -0.4 is 0 Å². The summed E-state index contributed by atoms with van der Waals surface area (Å²) in [6.07, 6.45) is 1.78. The molecule has 0 saturated heterocycles. The molecule has 128 valence electrons. The van der Waals surface area contributed by atoms with Crippen molar-refractivity contribution in [3.8, 4) is 0 Å². The molecule has 7 nitrogen and oxygen atoms in total. The monoisotopic (exact) mass is 332 g/mol. The number of hydrogen-bond donors (Lipinski definition) is 0. The molecule has 1 heterocycles. The van der Waals surface area contributed by atoms with Gasteiger partial charge in [-0.3, -0.25) is 0 Å². The molecule has 0 unspecified atom stereocenters. The van der Waals surface area contributed by atoms with Gasteiger partial charge >= 0.3 is 12.1 Å². The molecule has 0 aliphatic heterocycles. The molecule has 0 aliphatic rings. The molecule has 2 aromatic rings. The molecule has 1 atom stereocenters. The number of hydrogen-bond acceptors (Lipinski definition) is 6. The summed E-state index contributed by atoms with van der Waals surface area (Å²) >= 11 is 0. The van der Waals surface area contributed by atoms with Gasteiger partial charge in [-0.1, -0.05) is 30.3 Å². The minimum absolute atomic E-state index is 0.0944. The molecule has 1 aromatic heterocycles. The molecule has 0 bridgehead atoms. The number of aromatic nitrogens is 2. The van der Waals surface area contributed by atoms with E-state index >= 15 is 0 Å². The van der Waals surface area contributed by atoms with Gasteiger partial charge in [0.2, 0.25) is 6.79 Å². The van der Waals surface area contributed by atoms with Crippen molar-refractivity contribution in [1.29, 1.82) is 0 Å². The lowest BCUT2D eigenvalue weighted by atomic mass is 10.1. The third-order valence-electron chi connectivity index (χ3n) is 3.27. The summed E-state index contributed by atoms with van der Waals surface area (Å²) in [5.74, 6) is -0.632. The number of carbonyl (C=O) groups excluding carboxylic acids is 2. The van der Waals surface area contributed by atoms with Crippen molar-refractivity contribution in [3.05, 3.63) is 54.1 Å². The molecule has 2 rings (SSSR count). The quantitative estimate of drug-likeness (QED) is 0.597. The highest BCUT2D eigenvalue weighted by Gasteiger charge is 2.19. The number of benzene rings is 1. The van der Waals surface area contributed by atoms with Gasteiger partial charge in [0.05, 0.1) is 24.7 Å². The predicted molar refractivity (Wildman–Crippen MR) is 85.5 cm³/mol. The fourth-order valence-corrected chi connectivity index (χ4v) is 2.10. The predicted octanol–water partition coefficient (Wildman–Crippen LogP) is 3.17. The standard InChI is InChI=1S/C17H20N2O5/c1-12(2)24-17(21)23-11-22-16(20)15-9-18-10-19(15)13(3)14-7-5-4-6-8-14/h4-10,12-13H,11H2,1-3H3/t13-/m1/s1. The Labute approximate surface area is 140 Å². The van der Waals surface area contributed by atoms with Crippen molar-refractivity contribution in [2.24, 2.45) is 0 Å². The van der Waals surface area contributed by atoms with Gasteiger partial charge in [-0.2, -0.15) is 0 Å². The maximum atomic E-state index is 12.2. The minimum Gasteiger partial charge on any atom is -0.431 e. The average molecular weight is 332 g/mol. The molecule has 0 saturated carbocycles. The van der Waals surface area contributed by atoms with Crippen LogP contribution in [0.4, 0.5) is 4.79 Å². The summed E-state index contributed by atoms with van der Waals surface area (Å²) in [7, 11) is 0. The Kier molecular flexibility index (Phi) is 5.95. The molecule has 0 aliphatic carbocycles. The Bertz CT molecular complexity index is 681. The zero-order valence-electron chi connectivity index (χ0n) is 13.8. The van der Waals surface area contributed by atoms with E-state index in [2.05, 4.69) is 9.72 Å². The maximum Gasteiger partial charge on any atom is 0.511 e. The Morgan fingerprint density at radius 2 is 1.83 bits per heavy atom. The lowest BCUT2D eigenvalue weighted by Gasteiger charge is -2.16. The van der Waals surface area contributed by atoms with Crippen LogP contribution in [0.5, 0.6) is 0 Å². The largest absolute Gasteiger partial charge is 0.511 e. The second-order valence-electron chi connectivity index (χ2n) is 5.38. The molecule has 0 N–H and O–H groups in total. The van der Waals surface area contributed by atoms with Crippen LogP contribution in [0.1, 0.15) is 42.9 Å². The van der Waals surface area contributed by atoms with Gasteiger partial charge in [-0.25, -0.2) is 14.6 Å². The van der Waals surface area contributed by atoms with E-state index in [0.29, 0.717) is 0 Å². The molecule has 0 spiro atoms. The maximum absolute atomic E-state index is 12.2. The first-order valence-electron chi connectivity index (χ1n) is 7.56. The fraction of sp³-hybridized carbons (Fsp3) is 0.353. The Morgan fingerprint density at radius 3 is 2.50 bits per heavy atom. The van der Waals surface area contributed by atoms with E-state index in [1.54, 1.807) is 24.7 Å². The lowest BCUT2D eigenvalue weighted by molar-refractivity contribution is -0.0350. The number of nitrogens with zero attached hydrogens (tertiary/aromatic N) is 2. The van der Waals surface area contributed by atoms with Gasteiger partial charge in [-0.15, -0.1) is 0 Å². The van der Waals surface area contributed by atoms with Crippen LogP contribution in [0.25, 0.3) is 0 Å². The fourth-order valence-electron chi connectivity index (χ4n) is 2.10. The second-order valence-corrected chi connectivity index (χ2v) is 5.38. The van der Waals surface area contributed by atoms with Crippen LogP contribution in [-0.4, -0.2) is 34.6 Å². The SMILES string of the molecule is CC(C)OC(=O)OCOC(=O)c1cncn1[C@H](C)c1ccccc1. The van der Waals surface area contributed by atoms with Crippen molar-refractivity contribution in [2.45, 2.75) is 32.9 Å². The minimum atomic E-state index is -0.885. The van der Waals surface area contributed by atoms with Gasteiger partial charge < -0.3 is 18.8 Å². The van der Waals surface area contributed by atoms with Crippen LogP contribution in [0.15, 0.2) is 42.9 Å². The van der Waals surface area contributed by atoms with Gasteiger partial charge in [-0.05, 0) is 26.3 Å². The normalized spacial score (nSPS) is 11.8. The summed E-state index contributed by atoms with van der Waals surface area (Å²) in [4.78, 5) is 27.4. The first-order valence-corrected chi connectivity index (χ1v) is 7.56. The van der Waals surface area contributed by atoms with E-state index < -0.39 is 18.9 Å². The third kappa shape index (κ3) is 4.58. The Balaban J connectivity index is 1.97. The zero-order chi connectivity index (χ0) is 17.5. The van der Waals surface area contributed by atoms with Crippen molar-refractivity contribution >= 4 is 12.1 Å². The van der Waals surface area contributed by atoms with Crippen LogP contribution in [0.3, 0.4) is 0 Å². The van der Waals surface area contributed by atoms with E-state index in [4.69, 9.17) is 9.47 Å². The average Bonchev–Trinajstić information content (AvgIpc) is 3.03. The van der Waals surface area contributed by atoms with Crippen LogP contribution in [0.2, 0.25) is 0 Å². The van der Waals surface area contributed by atoms with E-state index in [9.17, 15) is 9.59 Å². The molecular formula is C17H20N2O5. The number of ether oxygens (including phenoxy) is 3. The van der Waals surface area contributed by atoms with Gasteiger partial charge in [0.1, 0.15) is 5.69 Å². The number of esters is 1. The van der Waals surface area contributed by atoms with E-state index in [0.717, 1.165) is 5.56 Å². The molecule has 0 radical (unpaired) electrons. The number of rotatable bonds is 6. The highest BCUT2D eigenvalue weighted by molar-refractivity contribution is 5.87. The van der Waals surface area contributed by atoms with Gasteiger partial charge in [0, 0.05) is 0 Å². The van der Waals surface area contributed by atoms with E-state index in [1.165, 1.54) is 6.20 Å². The van der Waals surface area contributed by atoms with Crippen molar-refractivity contribution in [2.75, 3.05) is 6.79 Å². The van der Waals surface area contributed by atoms with Crippen LogP contribution in [-0.2, 0) is 14.2 Å². The molecule has 1 aromatic carbocycles. The molecule has 0 amide bonds. The summed E-state index contributed by atoms with van der Waals surface area (Å²) in [5.41, 5.74) is 1.30. The van der Waals surface area contributed by atoms with E-state index in [1.807, 2.05) is 37.3 Å². The highest BCUT2D eigenvalue weighted by atomic mass is 16.8.